The zero-order valence-corrected chi connectivity index (χ0v) is 7.38. The molecule has 0 aliphatic rings. The molecule has 1 nitrogen and oxygen atoms in total. The van der Waals surface area contributed by atoms with Crippen LogP contribution in [0.5, 0.6) is 0 Å². The van der Waals surface area contributed by atoms with Crippen molar-refractivity contribution in [1.82, 2.24) is 0 Å². The third-order valence-corrected chi connectivity index (χ3v) is 2.02. The van der Waals surface area contributed by atoms with E-state index in [9.17, 15) is 4.79 Å². The minimum Gasteiger partial charge on any atom is -0.277 e. The average Bonchev–Trinajstić information content (AvgIpc) is 1.97. The Labute approximate surface area is 67.6 Å². The lowest BCUT2D eigenvalue weighted by molar-refractivity contribution is 0.570. The molecule has 0 fully saturated rings. The average molecular weight is 159 g/mol. The van der Waals surface area contributed by atoms with E-state index in [1.807, 2.05) is 5.62 Å². The maximum absolute atomic E-state index is 9.73. The molecule has 0 aromatic carbocycles. The van der Waals surface area contributed by atoms with Gasteiger partial charge in [-0.1, -0.05) is 44.4 Å². The minimum absolute atomic E-state index is 0.952. The summed E-state index contributed by atoms with van der Waals surface area (Å²) in [6, 6.07) is 0. The molecule has 0 aromatic heterocycles. The van der Waals surface area contributed by atoms with Crippen LogP contribution >= 0.6 is 11.8 Å². The number of unbranched alkanes of at least 4 members (excludes halogenated alkanes) is 4. The topological polar surface area (TPSA) is 17.1 Å². The second-order valence-electron chi connectivity index (χ2n) is 2.35. The monoisotopic (exact) mass is 159 g/mol. The molecule has 0 aromatic rings. The van der Waals surface area contributed by atoms with Crippen molar-refractivity contribution < 1.29 is 4.79 Å². The van der Waals surface area contributed by atoms with Crippen LogP contribution in [0.25, 0.3) is 0 Å². The second kappa shape index (κ2) is 9.02. The van der Waals surface area contributed by atoms with Crippen molar-refractivity contribution in [3.8, 4) is 0 Å². The molecule has 0 heterocycles. The van der Waals surface area contributed by atoms with Crippen LogP contribution in [0.3, 0.4) is 0 Å². The molecule has 0 aliphatic heterocycles. The molecule has 0 saturated heterocycles. The zero-order valence-electron chi connectivity index (χ0n) is 6.56. The van der Waals surface area contributed by atoms with Gasteiger partial charge in [-0.2, -0.15) is 0 Å². The Hall–Kier alpha value is 0.0200. The van der Waals surface area contributed by atoms with Gasteiger partial charge in [0, 0.05) is 5.75 Å². The van der Waals surface area contributed by atoms with Crippen LogP contribution in [0.15, 0.2) is 0 Å². The number of hydrogen-bond acceptors (Lipinski definition) is 2. The van der Waals surface area contributed by atoms with Crippen molar-refractivity contribution in [3.05, 3.63) is 0 Å². The molecule has 10 heavy (non-hydrogen) atoms. The highest BCUT2D eigenvalue weighted by molar-refractivity contribution is 8.11. The van der Waals surface area contributed by atoms with Gasteiger partial charge in [0.15, 0.2) is 0 Å². The van der Waals surface area contributed by atoms with Crippen LogP contribution in [0.4, 0.5) is 0 Å². The van der Waals surface area contributed by atoms with Crippen molar-refractivity contribution >= 4 is 17.4 Å². The molecule has 0 spiro atoms. The Morgan fingerprint density at radius 1 is 1.20 bits per heavy atom. The first-order valence-electron chi connectivity index (χ1n) is 3.90. The molecular weight excluding hydrogens is 144 g/mol. The molecule has 59 valence electrons. The van der Waals surface area contributed by atoms with Crippen molar-refractivity contribution in [3.63, 3.8) is 0 Å². The summed E-state index contributed by atoms with van der Waals surface area (Å²) in [5.41, 5.74) is 1.83. The van der Waals surface area contributed by atoms with Crippen LogP contribution in [0.2, 0.25) is 0 Å². The lowest BCUT2D eigenvalue weighted by Crippen LogP contribution is -1.80. The van der Waals surface area contributed by atoms with Gasteiger partial charge in [-0.25, -0.2) is 0 Å². The highest BCUT2D eigenvalue weighted by Gasteiger charge is 1.88. The largest absolute Gasteiger partial charge is 0.277 e. The first-order valence-corrected chi connectivity index (χ1v) is 4.89. The fourth-order valence-corrected chi connectivity index (χ4v) is 1.25. The first kappa shape index (κ1) is 10.0. The highest BCUT2D eigenvalue weighted by atomic mass is 32.2. The standard InChI is InChI=1S/C8H15OS/c1-2-3-4-5-6-7-10-8-9/h2-7H2,1H3. The maximum Gasteiger partial charge on any atom is 0.266 e. The fourth-order valence-electron chi connectivity index (χ4n) is 0.819. The highest BCUT2D eigenvalue weighted by Crippen LogP contribution is 2.05. The summed E-state index contributed by atoms with van der Waals surface area (Å²) in [5.74, 6) is 0.952. The van der Waals surface area contributed by atoms with E-state index in [0.29, 0.717) is 0 Å². The number of thioether (sulfide) groups is 1. The summed E-state index contributed by atoms with van der Waals surface area (Å²) >= 11 is 1.26. The summed E-state index contributed by atoms with van der Waals surface area (Å²) in [6.45, 7) is 2.20. The van der Waals surface area contributed by atoms with E-state index < -0.39 is 0 Å². The molecule has 0 rings (SSSR count). The maximum atomic E-state index is 9.73. The SMILES string of the molecule is CCCCCCCS[C]=O. The lowest BCUT2D eigenvalue weighted by Gasteiger charge is -1.95. The van der Waals surface area contributed by atoms with Crippen LogP contribution < -0.4 is 0 Å². The summed E-state index contributed by atoms with van der Waals surface area (Å²) in [6.07, 6.45) is 6.36. The van der Waals surface area contributed by atoms with E-state index in [1.165, 1.54) is 43.9 Å². The molecule has 0 atom stereocenters. The van der Waals surface area contributed by atoms with Crippen molar-refractivity contribution in [2.75, 3.05) is 5.75 Å². The molecule has 0 amide bonds. The summed E-state index contributed by atoms with van der Waals surface area (Å²) in [4.78, 5) is 9.73. The fraction of sp³-hybridized carbons (Fsp3) is 0.875. The van der Waals surface area contributed by atoms with Gasteiger partial charge in [0.2, 0.25) is 0 Å². The summed E-state index contributed by atoms with van der Waals surface area (Å²) in [5, 5.41) is 0. The smallest absolute Gasteiger partial charge is 0.266 e. The predicted octanol–water partition coefficient (Wildman–Crippen LogP) is 2.76. The van der Waals surface area contributed by atoms with Gasteiger partial charge < -0.3 is 0 Å². The van der Waals surface area contributed by atoms with E-state index in [2.05, 4.69) is 6.92 Å². The Balaban J connectivity index is 2.70. The lowest BCUT2D eigenvalue weighted by atomic mass is 10.2. The zero-order chi connectivity index (χ0) is 7.66. The van der Waals surface area contributed by atoms with E-state index in [4.69, 9.17) is 0 Å². The van der Waals surface area contributed by atoms with Crippen LogP contribution in [0.1, 0.15) is 39.0 Å². The van der Waals surface area contributed by atoms with Crippen LogP contribution in [-0.2, 0) is 4.79 Å². The minimum atomic E-state index is 0.952. The van der Waals surface area contributed by atoms with E-state index in [0.717, 1.165) is 5.75 Å². The third kappa shape index (κ3) is 8.02. The Kier molecular flexibility index (Phi) is 9.04. The summed E-state index contributed by atoms with van der Waals surface area (Å²) in [7, 11) is 0. The predicted molar refractivity (Wildman–Crippen MR) is 46.9 cm³/mol. The van der Waals surface area contributed by atoms with E-state index in [-0.39, 0.29) is 0 Å². The third-order valence-electron chi connectivity index (χ3n) is 1.41. The molecular formula is C8H15OS. The first-order chi connectivity index (χ1) is 4.91. The van der Waals surface area contributed by atoms with Gasteiger partial charge in [0.1, 0.15) is 0 Å². The number of carbonyl (C=O) groups excluding carboxylic acids is 1. The number of hydrogen-bond donors (Lipinski definition) is 0. The molecule has 0 N–H and O–H groups in total. The number of rotatable bonds is 7. The Morgan fingerprint density at radius 2 is 1.90 bits per heavy atom. The molecule has 0 aliphatic carbocycles. The second-order valence-corrected chi connectivity index (χ2v) is 3.21. The molecule has 1 radical (unpaired) electrons. The van der Waals surface area contributed by atoms with E-state index >= 15 is 0 Å². The molecule has 0 unspecified atom stereocenters. The Bertz CT molecular complexity index is 73.7. The van der Waals surface area contributed by atoms with Gasteiger partial charge in [-0.15, -0.1) is 0 Å². The van der Waals surface area contributed by atoms with Crippen LogP contribution in [-0.4, -0.2) is 11.4 Å². The Morgan fingerprint density at radius 3 is 2.50 bits per heavy atom. The van der Waals surface area contributed by atoms with Gasteiger partial charge >= 0.3 is 0 Å². The van der Waals surface area contributed by atoms with E-state index in [1.54, 1.807) is 0 Å². The van der Waals surface area contributed by atoms with Crippen molar-refractivity contribution in [2.24, 2.45) is 0 Å². The van der Waals surface area contributed by atoms with Gasteiger partial charge in [-0.05, 0) is 6.42 Å². The van der Waals surface area contributed by atoms with Crippen molar-refractivity contribution in [2.45, 2.75) is 39.0 Å². The van der Waals surface area contributed by atoms with Gasteiger partial charge in [-0.3, -0.25) is 4.79 Å². The van der Waals surface area contributed by atoms with Gasteiger partial charge in [0.05, 0.1) is 0 Å². The molecule has 0 bridgehead atoms. The van der Waals surface area contributed by atoms with Crippen molar-refractivity contribution in [1.29, 1.82) is 0 Å². The molecule has 2 heteroatoms. The quantitative estimate of drug-likeness (QED) is 0.531. The van der Waals surface area contributed by atoms with Crippen LogP contribution in [0, 0.1) is 0 Å². The van der Waals surface area contributed by atoms with Gasteiger partial charge in [0.25, 0.3) is 5.62 Å². The summed E-state index contributed by atoms with van der Waals surface area (Å²) < 4.78 is 0. The normalized spacial score (nSPS) is 9.70. The molecule has 0 saturated carbocycles.